The van der Waals surface area contributed by atoms with Crippen LogP contribution in [-0.2, 0) is 6.42 Å². The molecule has 1 aliphatic rings. The van der Waals surface area contributed by atoms with E-state index in [4.69, 9.17) is 0 Å². The molecule has 0 N–H and O–H groups in total. The molecule has 108 valence electrons. The Labute approximate surface area is 135 Å². The number of hydrogen-bond donors (Lipinski definition) is 0. The van der Waals surface area contributed by atoms with E-state index in [2.05, 4.69) is 83.8 Å². The zero-order valence-electron chi connectivity index (χ0n) is 12.3. The average molecular weight is 303 g/mol. The zero-order chi connectivity index (χ0) is 14.8. The summed E-state index contributed by atoms with van der Waals surface area (Å²) >= 11 is 1.87. The summed E-state index contributed by atoms with van der Waals surface area (Å²) in [5.74, 6) is 0. The topological polar surface area (TPSA) is 3.24 Å². The molecule has 22 heavy (non-hydrogen) atoms. The van der Waals surface area contributed by atoms with Crippen LogP contribution in [0, 0.1) is 0 Å². The van der Waals surface area contributed by atoms with E-state index >= 15 is 0 Å². The van der Waals surface area contributed by atoms with Crippen LogP contribution in [0.2, 0.25) is 0 Å². The number of fused-ring (bicyclic) bond motifs is 2. The molecule has 0 fully saturated rings. The van der Waals surface area contributed by atoms with Crippen molar-refractivity contribution >= 4 is 23.1 Å². The lowest BCUT2D eigenvalue weighted by molar-refractivity contribution is 0.891. The highest BCUT2D eigenvalue weighted by Gasteiger charge is 2.22. The number of anilines is 2. The number of nitrogens with zero attached hydrogens (tertiary/aromatic N) is 1. The minimum Gasteiger partial charge on any atom is -0.339 e. The van der Waals surface area contributed by atoms with Gasteiger partial charge in [0, 0.05) is 16.3 Å². The highest BCUT2D eigenvalue weighted by Crippen LogP contribution is 2.47. The molecule has 1 aliphatic heterocycles. The van der Waals surface area contributed by atoms with Crippen molar-refractivity contribution in [2.45, 2.75) is 16.2 Å². The van der Waals surface area contributed by atoms with Gasteiger partial charge in [0.1, 0.15) is 0 Å². The van der Waals surface area contributed by atoms with E-state index in [-0.39, 0.29) is 0 Å². The molecule has 0 amide bonds. The van der Waals surface area contributed by atoms with E-state index in [0.717, 1.165) is 13.0 Å². The number of hydrogen-bond acceptors (Lipinski definition) is 2. The SMILES string of the molecule is c1ccc(CCN2c3ccccc3Sc3ccccc32)cc1. The predicted molar refractivity (Wildman–Crippen MR) is 94.2 cm³/mol. The van der Waals surface area contributed by atoms with Crippen molar-refractivity contribution in [1.29, 1.82) is 0 Å². The molecule has 0 saturated carbocycles. The van der Waals surface area contributed by atoms with Crippen molar-refractivity contribution in [3.63, 3.8) is 0 Å². The molecule has 3 aromatic carbocycles. The number of rotatable bonds is 3. The summed E-state index contributed by atoms with van der Waals surface area (Å²) in [7, 11) is 0. The molecule has 1 nitrogen and oxygen atoms in total. The molecule has 0 radical (unpaired) electrons. The van der Waals surface area contributed by atoms with Gasteiger partial charge in [0.2, 0.25) is 0 Å². The van der Waals surface area contributed by atoms with Crippen molar-refractivity contribution in [3.8, 4) is 0 Å². The Morgan fingerprint density at radius 1 is 0.636 bits per heavy atom. The monoisotopic (exact) mass is 303 g/mol. The molecular weight excluding hydrogens is 286 g/mol. The Hall–Kier alpha value is -2.19. The van der Waals surface area contributed by atoms with Crippen LogP contribution in [0.1, 0.15) is 5.56 Å². The Morgan fingerprint density at radius 2 is 1.18 bits per heavy atom. The van der Waals surface area contributed by atoms with E-state index in [1.165, 1.54) is 26.7 Å². The van der Waals surface area contributed by atoms with Crippen LogP contribution in [0.5, 0.6) is 0 Å². The maximum atomic E-state index is 2.45. The van der Waals surface area contributed by atoms with Crippen LogP contribution in [0.3, 0.4) is 0 Å². The van der Waals surface area contributed by atoms with Gasteiger partial charge in [-0.3, -0.25) is 0 Å². The normalized spacial score (nSPS) is 12.6. The lowest BCUT2D eigenvalue weighted by Crippen LogP contribution is -2.23. The first-order chi connectivity index (χ1) is 10.9. The molecule has 0 atom stereocenters. The molecule has 2 heteroatoms. The Balaban J connectivity index is 1.69. The van der Waals surface area contributed by atoms with Crippen LogP contribution in [0.4, 0.5) is 11.4 Å². The summed E-state index contributed by atoms with van der Waals surface area (Å²) < 4.78 is 0. The van der Waals surface area contributed by atoms with Gasteiger partial charge in [-0.25, -0.2) is 0 Å². The minimum atomic E-state index is 0.999. The second-order valence-electron chi connectivity index (χ2n) is 5.42. The second kappa shape index (κ2) is 5.90. The number of para-hydroxylation sites is 2. The summed E-state index contributed by atoms with van der Waals surface area (Å²) in [6, 6.07) is 28.1. The van der Waals surface area contributed by atoms with Crippen LogP contribution in [0.15, 0.2) is 88.7 Å². The molecule has 0 saturated heterocycles. The summed E-state index contributed by atoms with van der Waals surface area (Å²) in [6.45, 7) is 0.999. The van der Waals surface area contributed by atoms with Crippen molar-refractivity contribution in [2.24, 2.45) is 0 Å². The Kier molecular flexibility index (Phi) is 3.61. The van der Waals surface area contributed by atoms with Gasteiger partial charge in [0.15, 0.2) is 0 Å². The van der Waals surface area contributed by atoms with Gasteiger partial charge in [0.05, 0.1) is 11.4 Å². The first-order valence-electron chi connectivity index (χ1n) is 7.59. The largest absolute Gasteiger partial charge is 0.339 e. The Bertz CT molecular complexity index is 737. The van der Waals surface area contributed by atoms with Crippen LogP contribution in [-0.4, -0.2) is 6.54 Å². The second-order valence-corrected chi connectivity index (χ2v) is 6.51. The van der Waals surface area contributed by atoms with Crippen molar-refractivity contribution in [3.05, 3.63) is 84.4 Å². The summed E-state index contributed by atoms with van der Waals surface area (Å²) in [6.07, 6.45) is 1.05. The van der Waals surface area contributed by atoms with Crippen LogP contribution < -0.4 is 4.90 Å². The fraction of sp³-hybridized carbons (Fsp3) is 0.100. The smallest absolute Gasteiger partial charge is 0.0552 e. The first kappa shape index (κ1) is 13.5. The van der Waals surface area contributed by atoms with E-state index in [9.17, 15) is 0 Å². The third kappa shape index (κ3) is 2.51. The van der Waals surface area contributed by atoms with Crippen molar-refractivity contribution in [2.75, 3.05) is 11.4 Å². The van der Waals surface area contributed by atoms with Gasteiger partial charge in [-0.05, 0) is 36.2 Å². The summed E-state index contributed by atoms with van der Waals surface area (Å²) in [5.41, 5.74) is 4.03. The lowest BCUT2D eigenvalue weighted by Gasteiger charge is -2.32. The van der Waals surface area contributed by atoms with Gasteiger partial charge < -0.3 is 4.90 Å². The fourth-order valence-corrected chi connectivity index (χ4v) is 4.00. The highest BCUT2D eigenvalue weighted by atomic mass is 32.2. The molecule has 3 aromatic rings. The average Bonchev–Trinajstić information content (AvgIpc) is 2.59. The first-order valence-corrected chi connectivity index (χ1v) is 8.41. The third-order valence-electron chi connectivity index (χ3n) is 4.00. The third-order valence-corrected chi connectivity index (χ3v) is 5.13. The van der Waals surface area contributed by atoms with Gasteiger partial charge in [0.25, 0.3) is 0 Å². The van der Waals surface area contributed by atoms with Crippen molar-refractivity contribution < 1.29 is 0 Å². The molecule has 1 heterocycles. The standard InChI is InChI=1S/C20H17NS/c1-2-8-16(9-3-1)14-15-21-17-10-4-6-12-19(17)22-20-13-7-5-11-18(20)21/h1-13H,14-15H2. The molecule has 4 rings (SSSR count). The summed E-state index contributed by atoms with van der Waals surface area (Å²) in [4.78, 5) is 5.14. The van der Waals surface area contributed by atoms with Gasteiger partial charge >= 0.3 is 0 Å². The van der Waals surface area contributed by atoms with E-state index in [1.54, 1.807) is 0 Å². The molecule has 0 aromatic heterocycles. The van der Waals surface area contributed by atoms with Gasteiger partial charge in [-0.2, -0.15) is 0 Å². The molecule has 0 spiro atoms. The summed E-state index contributed by atoms with van der Waals surface area (Å²) in [5, 5.41) is 0. The zero-order valence-corrected chi connectivity index (χ0v) is 13.1. The van der Waals surface area contributed by atoms with Crippen molar-refractivity contribution in [1.82, 2.24) is 0 Å². The maximum absolute atomic E-state index is 2.45. The highest BCUT2D eigenvalue weighted by molar-refractivity contribution is 7.99. The van der Waals surface area contributed by atoms with Gasteiger partial charge in [-0.1, -0.05) is 66.4 Å². The lowest BCUT2D eigenvalue weighted by atomic mass is 10.1. The van der Waals surface area contributed by atoms with E-state index in [1.807, 2.05) is 11.8 Å². The molecule has 0 bridgehead atoms. The van der Waals surface area contributed by atoms with E-state index in [0.29, 0.717) is 0 Å². The minimum absolute atomic E-state index is 0.999. The van der Waals surface area contributed by atoms with Crippen LogP contribution in [0.25, 0.3) is 0 Å². The van der Waals surface area contributed by atoms with Crippen LogP contribution >= 0.6 is 11.8 Å². The number of benzene rings is 3. The molecule has 0 unspecified atom stereocenters. The Morgan fingerprint density at radius 3 is 1.82 bits per heavy atom. The quantitative estimate of drug-likeness (QED) is 0.625. The molecular formula is C20H17NS. The maximum Gasteiger partial charge on any atom is 0.0552 e. The predicted octanol–water partition coefficient (Wildman–Crippen LogP) is 5.53. The van der Waals surface area contributed by atoms with E-state index < -0.39 is 0 Å². The van der Waals surface area contributed by atoms with Gasteiger partial charge in [-0.15, -0.1) is 0 Å². The molecule has 0 aliphatic carbocycles. The fourth-order valence-electron chi connectivity index (χ4n) is 2.91.